The Morgan fingerprint density at radius 2 is 2.05 bits per heavy atom. The van der Waals surface area contributed by atoms with Crippen LogP contribution in [-0.2, 0) is 11.3 Å². The van der Waals surface area contributed by atoms with Crippen LogP contribution in [0.4, 0.5) is 0 Å². The van der Waals surface area contributed by atoms with Gasteiger partial charge in [-0.15, -0.1) is 0 Å². The number of hydrogen-bond donors (Lipinski definition) is 0. The Bertz CT molecular complexity index is 843. The fourth-order valence-electron chi connectivity index (χ4n) is 1.87. The summed E-state index contributed by atoms with van der Waals surface area (Å²) in [6, 6.07) is 11.6. The molecule has 0 atom stereocenters. The number of esters is 1. The molecular weight excluding hydrogens is 270 g/mol. The highest BCUT2D eigenvalue weighted by Gasteiger charge is 2.09. The van der Waals surface area contributed by atoms with Crippen LogP contribution in [0.1, 0.15) is 16.2 Å². The summed E-state index contributed by atoms with van der Waals surface area (Å²) in [4.78, 5) is 31.8. The van der Waals surface area contributed by atoms with E-state index in [0.717, 1.165) is 0 Å². The highest BCUT2D eigenvalue weighted by molar-refractivity contribution is 5.87. The Labute approximate surface area is 119 Å². The Balaban J connectivity index is 1.80. The highest BCUT2D eigenvalue weighted by Crippen LogP contribution is 2.03. The van der Waals surface area contributed by atoms with Gasteiger partial charge in [-0.1, -0.05) is 12.1 Å². The van der Waals surface area contributed by atoms with Crippen molar-refractivity contribution < 1.29 is 9.53 Å². The molecule has 6 heteroatoms. The first-order valence-electron chi connectivity index (χ1n) is 6.29. The van der Waals surface area contributed by atoms with Crippen LogP contribution in [-0.4, -0.2) is 20.3 Å². The van der Waals surface area contributed by atoms with E-state index in [1.807, 2.05) is 0 Å². The molecule has 3 heterocycles. The highest BCUT2D eigenvalue weighted by atomic mass is 16.5. The molecule has 3 aromatic rings. The second-order valence-electron chi connectivity index (χ2n) is 4.31. The van der Waals surface area contributed by atoms with Crippen molar-refractivity contribution in [3.8, 4) is 0 Å². The van der Waals surface area contributed by atoms with Gasteiger partial charge in [0, 0.05) is 18.5 Å². The third kappa shape index (κ3) is 2.79. The molecule has 104 valence electrons. The normalized spacial score (nSPS) is 10.5. The van der Waals surface area contributed by atoms with Gasteiger partial charge in [-0.05, 0) is 24.3 Å². The molecule has 0 aliphatic rings. The van der Waals surface area contributed by atoms with E-state index < -0.39 is 5.97 Å². The lowest BCUT2D eigenvalue weighted by Crippen LogP contribution is -2.16. The molecule has 0 N–H and O–H groups in total. The number of aromatic nitrogens is 3. The topological polar surface area (TPSA) is 73.6 Å². The monoisotopic (exact) mass is 281 g/mol. The van der Waals surface area contributed by atoms with Gasteiger partial charge in [0.25, 0.3) is 5.56 Å². The molecule has 0 amide bonds. The van der Waals surface area contributed by atoms with E-state index in [1.165, 1.54) is 16.7 Å². The summed E-state index contributed by atoms with van der Waals surface area (Å²) >= 11 is 0. The first kappa shape index (κ1) is 13.0. The van der Waals surface area contributed by atoms with Gasteiger partial charge < -0.3 is 4.74 Å². The number of pyridine rings is 2. The van der Waals surface area contributed by atoms with Crippen molar-refractivity contribution in [2.75, 3.05) is 0 Å². The van der Waals surface area contributed by atoms with Crippen molar-refractivity contribution in [1.29, 1.82) is 0 Å². The van der Waals surface area contributed by atoms with Crippen LogP contribution >= 0.6 is 0 Å². The molecule has 0 unspecified atom stereocenters. The van der Waals surface area contributed by atoms with Crippen molar-refractivity contribution in [1.82, 2.24) is 14.4 Å². The average molecular weight is 281 g/mol. The fraction of sp³-hybridized carbons (Fsp3) is 0.0667. The molecule has 6 nitrogen and oxygen atoms in total. The molecule has 0 radical (unpaired) electrons. The van der Waals surface area contributed by atoms with Crippen molar-refractivity contribution in [2.45, 2.75) is 6.61 Å². The Morgan fingerprint density at radius 3 is 2.86 bits per heavy atom. The van der Waals surface area contributed by atoms with Crippen LogP contribution in [0.15, 0.2) is 59.7 Å². The zero-order chi connectivity index (χ0) is 14.7. The number of carbonyl (C=O) groups is 1. The Kier molecular flexibility index (Phi) is 3.42. The largest absolute Gasteiger partial charge is 0.454 e. The molecule has 3 rings (SSSR count). The van der Waals surface area contributed by atoms with Crippen molar-refractivity contribution >= 4 is 11.6 Å². The molecule has 0 bridgehead atoms. The van der Waals surface area contributed by atoms with Gasteiger partial charge in [0.15, 0.2) is 0 Å². The summed E-state index contributed by atoms with van der Waals surface area (Å²) in [7, 11) is 0. The van der Waals surface area contributed by atoms with E-state index in [1.54, 1.807) is 42.6 Å². The van der Waals surface area contributed by atoms with Gasteiger partial charge >= 0.3 is 5.97 Å². The molecule has 0 saturated carbocycles. The SMILES string of the molecule is O=C(OCc1cc(=O)n2ccccc2n1)c1ccccn1. The van der Waals surface area contributed by atoms with E-state index in [0.29, 0.717) is 11.3 Å². The quantitative estimate of drug-likeness (QED) is 0.679. The number of hydrogen-bond acceptors (Lipinski definition) is 5. The lowest BCUT2D eigenvalue weighted by Gasteiger charge is -2.05. The molecule has 0 aliphatic carbocycles. The maximum Gasteiger partial charge on any atom is 0.357 e. The van der Waals surface area contributed by atoms with E-state index >= 15 is 0 Å². The summed E-state index contributed by atoms with van der Waals surface area (Å²) < 4.78 is 6.53. The van der Waals surface area contributed by atoms with Gasteiger partial charge in [0.05, 0.1) is 5.69 Å². The lowest BCUT2D eigenvalue weighted by atomic mass is 10.3. The van der Waals surface area contributed by atoms with Gasteiger partial charge in [-0.2, -0.15) is 0 Å². The second-order valence-corrected chi connectivity index (χ2v) is 4.31. The number of carbonyl (C=O) groups excluding carboxylic acids is 1. The first-order chi connectivity index (χ1) is 10.2. The Hall–Kier alpha value is -3.02. The zero-order valence-electron chi connectivity index (χ0n) is 11.0. The van der Waals surface area contributed by atoms with Crippen molar-refractivity contribution in [3.63, 3.8) is 0 Å². The molecular formula is C15H11N3O3. The maximum absolute atomic E-state index is 11.9. The van der Waals surface area contributed by atoms with E-state index in [-0.39, 0.29) is 17.9 Å². The fourth-order valence-corrected chi connectivity index (χ4v) is 1.87. The predicted molar refractivity (Wildman–Crippen MR) is 74.8 cm³/mol. The van der Waals surface area contributed by atoms with E-state index in [4.69, 9.17) is 4.74 Å². The van der Waals surface area contributed by atoms with Crippen LogP contribution < -0.4 is 5.56 Å². The van der Waals surface area contributed by atoms with E-state index in [9.17, 15) is 9.59 Å². The van der Waals surface area contributed by atoms with E-state index in [2.05, 4.69) is 9.97 Å². The summed E-state index contributed by atoms with van der Waals surface area (Å²) in [5.74, 6) is -0.550. The number of fused-ring (bicyclic) bond motifs is 1. The van der Waals surface area contributed by atoms with Gasteiger partial charge in [0.1, 0.15) is 17.9 Å². The lowest BCUT2D eigenvalue weighted by molar-refractivity contribution is 0.0460. The van der Waals surface area contributed by atoms with Crippen molar-refractivity contribution in [2.24, 2.45) is 0 Å². The minimum atomic E-state index is -0.550. The molecule has 3 aromatic heterocycles. The van der Waals surface area contributed by atoms with Crippen LogP contribution in [0.5, 0.6) is 0 Å². The van der Waals surface area contributed by atoms with Crippen LogP contribution in [0.3, 0.4) is 0 Å². The van der Waals surface area contributed by atoms with Crippen LogP contribution in [0.2, 0.25) is 0 Å². The Morgan fingerprint density at radius 1 is 1.19 bits per heavy atom. The molecule has 0 fully saturated rings. The molecule has 0 aliphatic heterocycles. The molecule has 0 saturated heterocycles. The number of nitrogens with zero attached hydrogens (tertiary/aromatic N) is 3. The van der Waals surface area contributed by atoms with Gasteiger partial charge in [0.2, 0.25) is 0 Å². The molecule has 0 aromatic carbocycles. The second kappa shape index (κ2) is 5.54. The number of ether oxygens (including phenoxy) is 1. The summed E-state index contributed by atoms with van der Waals surface area (Å²) in [5, 5.41) is 0. The minimum Gasteiger partial charge on any atom is -0.454 e. The van der Waals surface area contributed by atoms with Gasteiger partial charge in [-0.3, -0.25) is 9.20 Å². The smallest absolute Gasteiger partial charge is 0.357 e. The third-order valence-electron chi connectivity index (χ3n) is 2.85. The summed E-state index contributed by atoms with van der Waals surface area (Å²) in [6.45, 7) is -0.0734. The first-order valence-corrected chi connectivity index (χ1v) is 6.29. The number of rotatable bonds is 3. The molecule has 0 spiro atoms. The van der Waals surface area contributed by atoms with Crippen LogP contribution in [0, 0.1) is 0 Å². The van der Waals surface area contributed by atoms with Gasteiger partial charge in [-0.25, -0.2) is 14.8 Å². The van der Waals surface area contributed by atoms with Crippen LogP contribution in [0.25, 0.3) is 5.65 Å². The van der Waals surface area contributed by atoms with Crippen molar-refractivity contribution in [3.05, 3.63) is 76.6 Å². The standard InChI is InChI=1S/C15H11N3O3/c19-14-9-11(17-13-6-2-4-8-18(13)14)10-21-15(20)12-5-1-3-7-16-12/h1-9H,10H2. The predicted octanol–water partition coefficient (Wildman–Crippen LogP) is 1.45. The minimum absolute atomic E-state index is 0.0734. The molecule has 21 heavy (non-hydrogen) atoms. The average Bonchev–Trinajstić information content (AvgIpc) is 2.53. The zero-order valence-corrected chi connectivity index (χ0v) is 11.0. The maximum atomic E-state index is 11.9. The summed E-state index contributed by atoms with van der Waals surface area (Å²) in [5.41, 5.74) is 0.906. The summed E-state index contributed by atoms with van der Waals surface area (Å²) in [6.07, 6.45) is 3.14. The third-order valence-corrected chi connectivity index (χ3v) is 2.85.